The molecule has 102 valence electrons. The first kappa shape index (κ1) is 14.7. The third-order valence-electron chi connectivity index (χ3n) is 2.47. The predicted molar refractivity (Wildman–Crippen MR) is 79.2 cm³/mol. The van der Waals surface area contributed by atoms with Gasteiger partial charge in [-0.25, -0.2) is 4.98 Å². The van der Waals surface area contributed by atoms with Crippen LogP contribution in [-0.4, -0.2) is 15.7 Å². The van der Waals surface area contributed by atoms with E-state index in [4.69, 9.17) is 0 Å². The van der Waals surface area contributed by atoms with Gasteiger partial charge in [-0.2, -0.15) is 0 Å². The molecule has 0 saturated carbocycles. The van der Waals surface area contributed by atoms with Crippen molar-refractivity contribution < 1.29 is 9.72 Å². The Morgan fingerprint density at radius 2 is 2.10 bits per heavy atom. The maximum absolute atomic E-state index is 11.5. The molecule has 2 aromatic rings. The zero-order chi connectivity index (χ0) is 14.7. The van der Waals surface area contributed by atoms with Gasteiger partial charge in [0.1, 0.15) is 5.03 Å². The van der Waals surface area contributed by atoms with Crippen LogP contribution >= 0.6 is 27.7 Å². The molecule has 7 heteroatoms. The fourth-order valence-electron chi connectivity index (χ4n) is 1.56. The summed E-state index contributed by atoms with van der Waals surface area (Å²) in [4.78, 5) is 26.7. The summed E-state index contributed by atoms with van der Waals surface area (Å²) in [7, 11) is 0. The number of nitro benzene ring substituents is 1. The minimum Gasteiger partial charge on any atom is -0.294 e. The Morgan fingerprint density at radius 1 is 1.35 bits per heavy atom. The molecule has 0 aliphatic carbocycles. The minimum absolute atomic E-state index is 0.108. The van der Waals surface area contributed by atoms with Gasteiger partial charge in [-0.15, -0.1) is 0 Å². The van der Waals surface area contributed by atoms with Gasteiger partial charge in [-0.1, -0.05) is 11.8 Å². The fourth-order valence-corrected chi connectivity index (χ4v) is 2.59. The number of ketones is 1. The summed E-state index contributed by atoms with van der Waals surface area (Å²) in [6.45, 7) is 1.31. The van der Waals surface area contributed by atoms with E-state index in [9.17, 15) is 14.9 Å². The highest BCUT2D eigenvalue weighted by atomic mass is 79.9. The Bertz CT molecular complexity index is 674. The lowest BCUT2D eigenvalue weighted by atomic mass is 10.1. The number of halogens is 1. The van der Waals surface area contributed by atoms with E-state index >= 15 is 0 Å². The van der Waals surface area contributed by atoms with Crippen LogP contribution in [0.25, 0.3) is 0 Å². The standard InChI is InChI=1S/C13H9BrN2O3S/c1-8(17)11-6-10(3-4-12(11)16(18)19)20-13-5-2-9(14)7-15-13/h2-7H,1H3. The molecule has 0 fully saturated rings. The lowest BCUT2D eigenvalue weighted by Crippen LogP contribution is -2.00. The van der Waals surface area contributed by atoms with E-state index in [0.29, 0.717) is 0 Å². The van der Waals surface area contributed by atoms with Crippen LogP contribution in [0.15, 0.2) is 50.9 Å². The molecule has 0 aliphatic rings. The van der Waals surface area contributed by atoms with E-state index in [0.717, 1.165) is 14.4 Å². The maximum atomic E-state index is 11.5. The van der Waals surface area contributed by atoms with E-state index < -0.39 is 4.92 Å². The number of carbonyl (C=O) groups is 1. The molecule has 0 atom stereocenters. The van der Waals surface area contributed by atoms with Crippen molar-refractivity contribution in [1.82, 2.24) is 4.98 Å². The monoisotopic (exact) mass is 352 g/mol. The average Bonchev–Trinajstić information content (AvgIpc) is 2.41. The van der Waals surface area contributed by atoms with Crippen LogP contribution in [0.3, 0.4) is 0 Å². The van der Waals surface area contributed by atoms with E-state index in [1.165, 1.54) is 30.8 Å². The quantitative estimate of drug-likeness (QED) is 0.470. The summed E-state index contributed by atoms with van der Waals surface area (Å²) in [5, 5.41) is 11.6. The smallest absolute Gasteiger partial charge is 0.280 e. The first-order chi connectivity index (χ1) is 9.47. The summed E-state index contributed by atoms with van der Waals surface area (Å²) in [5.74, 6) is -0.331. The number of nitrogens with zero attached hydrogens (tertiary/aromatic N) is 2. The summed E-state index contributed by atoms with van der Waals surface area (Å²) in [5.41, 5.74) is -0.0669. The van der Waals surface area contributed by atoms with Crippen LogP contribution in [0.1, 0.15) is 17.3 Å². The van der Waals surface area contributed by atoms with Crippen molar-refractivity contribution in [2.75, 3.05) is 0 Å². The SMILES string of the molecule is CC(=O)c1cc(Sc2ccc(Br)cn2)ccc1[N+](=O)[O-]. The summed E-state index contributed by atoms with van der Waals surface area (Å²) < 4.78 is 0.870. The lowest BCUT2D eigenvalue weighted by molar-refractivity contribution is -0.385. The highest BCUT2D eigenvalue weighted by Gasteiger charge is 2.18. The molecule has 5 nitrogen and oxygen atoms in total. The number of pyridine rings is 1. The van der Waals surface area contributed by atoms with Gasteiger partial charge in [0.2, 0.25) is 0 Å². The van der Waals surface area contributed by atoms with Gasteiger partial charge < -0.3 is 0 Å². The van der Waals surface area contributed by atoms with Crippen LogP contribution < -0.4 is 0 Å². The van der Waals surface area contributed by atoms with Crippen molar-refractivity contribution in [1.29, 1.82) is 0 Å². The lowest BCUT2D eigenvalue weighted by Gasteiger charge is -2.04. The number of hydrogen-bond donors (Lipinski definition) is 0. The third-order valence-corrected chi connectivity index (χ3v) is 3.88. The second-order valence-corrected chi connectivity index (χ2v) is 5.92. The molecule has 0 amide bonds. The van der Waals surface area contributed by atoms with Crippen molar-refractivity contribution in [3.63, 3.8) is 0 Å². The Kier molecular flexibility index (Phi) is 4.51. The second kappa shape index (κ2) is 6.15. The molecule has 2 rings (SSSR count). The maximum Gasteiger partial charge on any atom is 0.280 e. The topological polar surface area (TPSA) is 73.1 Å². The molecular formula is C13H9BrN2O3S. The highest BCUT2D eigenvalue weighted by Crippen LogP contribution is 2.30. The average molecular weight is 353 g/mol. The first-order valence-corrected chi connectivity index (χ1v) is 7.17. The molecule has 0 spiro atoms. The van der Waals surface area contributed by atoms with Gasteiger partial charge in [0.25, 0.3) is 5.69 Å². The predicted octanol–water partition coefficient (Wildman–Crippen LogP) is 4.11. The summed E-state index contributed by atoms with van der Waals surface area (Å²) >= 11 is 4.64. The largest absolute Gasteiger partial charge is 0.294 e. The minimum atomic E-state index is -0.553. The summed E-state index contributed by atoms with van der Waals surface area (Å²) in [6.07, 6.45) is 1.67. The van der Waals surface area contributed by atoms with Gasteiger partial charge in [-0.05, 0) is 47.1 Å². The van der Waals surface area contributed by atoms with Gasteiger partial charge in [0, 0.05) is 21.6 Å². The molecule has 20 heavy (non-hydrogen) atoms. The van der Waals surface area contributed by atoms with Crippen molar-refractivity contribution in [3.8, 4) is 0 Å². The van der Waals surface area contributed by atoms with Crippen molar-refractivity contribution in [2.24, 2.45) is 0 Å². The van der Waals surface area contributed by atoms with Crippen LogP contribution in [0.4, 0.5) is 5.69 Å². The number of benzene rings is 1. The van der Waals surface area contributed by atoms with Crippen molar-refractivity contribution >= 4 is 39.2 Å². The Labute approximate surface area is 127 Å². The van der Waals surface area contributed by atoms with Gasteiger partial charge in [-0.3, -0.25) is 14.9 Å². The number of Topliss-reactive ketones (excluding diaryl/α,β-unsaturated/α-hetero) is 1. The van der Waals surface area contributed by atoms with Gasteiger partial charge in [0.05, 0.1) is 10.5 Å². The van der Waals surface area contributed by atoms with E-state index in [1.807, 2.05) is 12.1 Å². The van der Waals surface area contributed by atoms with Crippen LogP contribution in [-0.2, 0) is 0 Å². The van der Waals surface area contributed by atoms with Gasteiger partial charge >= 0.3 is 0 Å². The molecule has 1 heterocycles. The molecule has 1 aromatic carbocycles. The van der Waals surface area contributed by atoms with E-state index in [2.05, 4.69) is 20.9 Å². The molecular weight excluding hydrogens is 344 g/mol. The number of aromatic nitrogens is 1. The Morgan fingerprint density at radius 3 is 2.65 bits per heavy atom. The normalized spacial score (nSPS) is 10.3. The molecule has 0 radical (unpaired) electrons. The Hall–Kier alpha value is -1.73. The third kappa shape index (κ3) is 3.43. The van der Waals surface area contributed by atoms with Crippen molar-refractivity contribution in [2.45, 2.75) is 16.8 Å². The molecule has 0 N–H and O–H groups in total. The number of rotatable bonds is 4. The molecule has 1 aromatic heterocycles. The molecule has 0 bridgehead atoms. The molecule has 0 unspecified atom stereocenters. The number of hydrogen-bond acceptors (Lipinski definition) is 5. The zero-order valence-corrected chi connectivity index (χ0v) is 12.8. The van der Waals surface area contributed by atoms with E-state index in [-0.39, 0.29) is 17.0 Å². The number of carbonyl (C=O) groups excluding carboxylic acids is 1. The van der Waals surface area contributed by atoms with E-state index in [1.54, 1.807) is 12.3 Å². The van der Waals surface area contributed by atoms with Crippen LogP contribution in [0.2, 0.25) is 0 Å². The fraction of sp³-hybridized carbons (Fsp3) is 0.0769. The molecule has 0 aliphatic heterocycles. The van der Waals surface area contributed by atoms with Crippen LogP contribution in [0.5, 0.6) is 0 Å². The van der Waals surface area contributed by atoms with Crippen LogP contribution in [0, 0.1) is 10.1 Å². The second-order valence-electron chi connectivity index (χ2n) is 3.91. The first-order valence-electron chi connectivity index (χ1n) is 5.56. The molecule has 0 saturated heterocycles. The Balaban J connectivity index is 2.34. The zero-order valence-electron chi connectivity index (χ0n) is 10.4. The van der Waals surface area contributed by atoms with Gasteiger partial charge in [0.15, 0.2) is 5.78 Å². The number of nitro groups is 1. The van der Waals surface area contributed by atoms with Crippen molar-refractivity contribution in [3.05, 3.63) is 56.7 Å². The highest BCUT2D eigenvalue weighted by molar-refractivity contribution is 9.10. The summed E-state index contributed by atoms with van der Waals surface area (Å²) in [6, 6.07) is 8.15.